The van der Waals surface area contributed by atoms with Crippen molar-refractivity contribution in [2.45, 2.75) is 33.3 Å². The number of aryl methyl sites for hydroxylation is 1. The van der Waals surface area contributed by atoms with Crippen molar-refractivity contribution in [3.8, 4) is 11.5 Å². The second-order valence-electron chi connectivity index (χ2n) is 7.90. The van der Waals surface area contributed by atoms with Crippen LogP contribution in [0.4, 0.5) is 4.39 Å². The van der Waals surface area contributed by atoms with Gasteiger partial charge in [-0.3, -0.25) is 4.79 Å². The second-order valence-corrected chi connectivity index (χ2v) is 8.31. The van der Waals surface area contributed by atoms with E-state index >= 15 is 0 Å². The Kier molecular flexibility index (Phi) is 5.84. The molecule has 3 nitrogen and oxygen atoms in total. The van der Waals surface area contributed by atoms with Crippen molar-refractivity contribution in [2.75, 3.05) is 0 Å². The molecule has 0 fully saturated rings. The summed E-state index contributed by atoms with van der Waals surface area (Å²) in [6, 6.07) is 15.7. The van der Waals surface area contributed by atoms with Gasteiger partial charge in [0, 0.05) is 11.6 Å². The summed E-state index contributed by atoms with van der Waals surface area (Å²) >= 11 is 6.07. The topological polar surface area (TPSA) is 35.5 Å². The lowest BCUT2D eigenvalue weighted by Crippen LogP contribution is -2.00. The van der Waals surface area contributed by atoms with Gasteiger partial charge in [-0.2, -0.15) is 0 Å². The molecule has 31 heavy (non-hydrogen) atoms. The third kappa shape index (κ3) is 4.49. The van der Waals surface area contributed by atoms with E-state index in [1.165, 1.54) is 17.7 Å². The lowest BCUT2D eigenvalue weighted by Gasteiger charge is -2.10. The first-order valence-corrected chi connectivity index (χ1v) is 10.4. The molecule has 0 aliphatic carbocycles. The standard InChI is InChI=1S/C26H22ClFO3/c1-15(2)18-6-4-17(5-7-18)11-24-26(29)25-16(3)10-21(13-23(25)31-24)30-14-19-8-9-20(28)12-22(19)27/h4-13,15H,14H2,1-3H3/b24-11-. The molecule has 158 valence electrons. The zero-order valence-electron chi connectivity index (χ0n) is 17.5. The maximum absolute atomic E-state index is 13.2. The molecule has 3 aromatic carbocycles. The third-order valence-corrected chi connectivity index (χ3v) is 5.61. The van der Waals surface area contributed by atoms with Gasteiger partial charge in [0.15, 0.2) is 5.76 Å². The first-order valence-electron chi connectivity index (χ1n) is 10.1. The van der Waals surface area contributed by atoms with Crippen molar-refractivity contribution in [2.24, 2.45) is 0 Å². The highest BCUT2D eigenvalue weighted by molar-refractivity contribution is 6.31. The Morgan fingerprint density at radius 2 is 1.84 bits per heavy atom. The van der Waals surface area contributed by atoms with Gasteiger partial charge in [0.25, 0.3) is 0 Å². The molecular weight excluding hydrogens is 415 g/mol. The molecule has 0 bridgehead atoms. The average Bonchev–Trinajstić information content (AvgIpc) is 3.03. The van der Waals surface area contributed by atoms with E-state index in [4.69, 9.17) is 21.1 Å². The van der Waals surface area contributed by atoms with Crippen LogP contribution in [-0.4, -0.2) is 5.78 Å². The maximum atomic E-state index is 13.2. The zero-order valence-corrected chi connectivity index (χ0v) is 18.3. The summed E-state index contributed by atoms with van der Waals surface area (Å²) in [4.78, 5) is 12.9. The Balaban J connectivity index is 1.54. The summed E-state index contributed by atoms with van der Waals surface area (Å²) < 4.78 is 24.9. The summed E-state index contributed by atoms with van der Waals surface area (Å²) in [5.74, 6) is 1.21. The number of hydrogen-bond acceptors (Lipinski definition) is 3. The van der Waals surface area contributed by atoms with Crippen LogP contribution in [0.3, 0.4) is 0 Å². The summed E-state index contributed by atoms with van der Waals surface area (Å²) in [7, 11) is 0. The molecule has 0 radical (unpaired) electrons. The first-order chi connectivity index (χ1) is 14.8. The largest absolute Gasteiger partial charge is 0.489 e. The quantitative estimate of drug-likeness (QED) is 0.400. The number of halogens is 2. The fourth-order valence-electron chi connectivity index (χ4n) is 3.49. The summed E-state index contributed by atoms with van der Waals surface area (Å²) in [5.41, 5.74) is 4.12. The van der Waals surface area contributed by atoms with Crippen LogP contribution in [0.15, 0.2) is 60.4 Å². The highest BCUT2D eigenvalue weighted by atomic mass is 35.5. The lowest BCUT2D eigenvalue weighted by atomic mass is 10.0. The highest BCUT2D eigenvalue weighted by Crippen LogP contribution is 2.38. The molecule has 1 aliphatic heterocycles. The van der Waals surface area contributed by atoms with Gasteiger partial charge in [-0.1, -0.05) is 55.8 Å². The van der Waals surface area contributed by atoms with Crippen LogP contribution in [0.25, 0.3) is 6.08 Å². The van der Waals surface area contributed by atoms with Gasteiger partial charge in [-0.15, -0.1) is 0 Å². The smallest absolute Gasteiger partial charge is 0.232 e. The van der Waals surface area contributed by atoms with E-state index in [1.54, 1.807) is 24.3 Å². The molecule has 0 atom stereocenters. The van der Waals surface area contributed by atoms with Crippen LogP contribution in [0, 0.1) is 12.7 Å². The number of Topliss-reactive ketones (excluding diaryl/α,β-unsaturated/α-hetero) is 1. The van der Waals surface area contributed by atoms with Crippen LogP contribution >= 0.6 is 11.6 Å². The van der Waals surface area contributed by atoms with Crippen molar-refractivity contribution in [3.63, 3.8) is 0 Å². The molecule has 0 unspecified atom stereocenters. The van der Waals surface area contributed by atoms with Crippen molar-refractivity contribution >= 4 is 23.5 Å². The number of allylic oxidation sites excluding steroid dienone is 1. The van der Waals surface area contributed by atoms with E-state index in [0.29, 0.717) is 33.6 Å². The first kappa shape index (κ1) is 21.1. The Morgan fingerprint density at radius 3 is 2.52 bits per heavy atom. The number of ether oxygens (including phenoxy) is 2. The Bertz CT molecular complexity index is 1180. The van der Waals surface area contributed by atoms with Crippen LogP contribution < -0.4 is 9.47 Å². The Hall–Kier alpha value is -3.11. The maximum Gasteiger partial charge on any atom is 0.232 e. The van der Waals surface area contributed by atoms with Crippen LogP contribution in [0.2, 0.25) is 5.02 Å². The number of hydrogen-bond donors (Lipinski definition) is 0. The second kappa shape index (κ2) is 8.56. The van der Waals surface area contributed by atoms with E-state index in [2.05, 4.69) is 26.0 Å². The van der Waals surface area contributed by atoms with Gasteiger partial charge < -0.3 is 9.47 Å². The summed E-state index contributed by atoms with van der Waals surface area (Å²) in [6.07, 6.45) is 1.75. The molecule has 0 aromatic heterocycles. The molecule has 4 rings (SSSR count). The number of carbonyl (C=O) groups excluding carboxylic acids is 1. The predicted octanol–water partition coefficient (Wildman–Crippen LogP) is 7.11. The van der Waals surface area contributed by atoms with Gasteiger partial charge in [0.2, 0.25) is 5.78 Å². The van der Waals surface area contributed by atoms with E-state index in [0.717, 1.165) is 11.1 Å². The SMILES string of the molecule is Cc1cc(OCc2ccc(F)cc2Cl)cc2c1C(=O)/C(=C/c1ccc(C(C)C)cc1)O2. The molecule has 5 heteroatoms. The number of rotatable bonds is 5. The minimum Gasteiger partial charge on any atom is -0.489 e. The van der Waals surface area contributed by atoms with E-state index in [-0.39, 0.29) is 18.1 Å². The van der Waals surface area contributed by atoms with Crippen molar-refractivity contribution in [1.82, 2.24) is 0 Å². The molecule has 0 N–H and O–H groups in total. The van der Waals surface area contributed by atoms with Gasteiger partial charge >= 0.3 is 0 Å². The van der Waals surface area contributed by atoms with Gasteiger partial charge in [0.05, 0.1) is 10.6 Å². The highest BCUT2D eigenvalue weighted by Gasteiger charge is 2.30. The van der Waals surface area contributed by atoms with E-state index < -0.39 is 5.82 Å². The van der Waals surface area contributed by atoms with E-state index in [1.807, 2.05) is 19.1 Å². The molecule has 0 saturated heterocycles. The minimum absolute atomic E-state index is 0.145. The van der Waals surface area contributed by atoms with Crippen LogP contribution in [-0.2, 0) is 6.61 Å². The molecule has 0 saturated carbocycles. The zero-order chi connectivity index (χ0) is 22.1. The molecule has 1 heterocycles. The monoisotopic (exact) mass is 436 g/mol. The minimum atomic E-state index is -0.396. The average molecular weight is 437 g/mol. The predicted molar refractivity (Wildman–Crippen MR) is 120 cm³/mol. The van der Waals surface area contributed by atoms with Crippen molar-refractivity contribution < 1.29 is 18.7 Å². The lowest BCUT2D eigenvalue weighted by molar-refractivity contribution is 0.101. The van der Waals surface area contributed by atoms with Gasteiger partial charge in [0.1, 0.15) is 23.9 Å². The summed E-state index contributed by atoms with van der Waals surface area (Å²) in [5, 5.41) is 0.304. The molecule has 3 aromatic rings. The van der Waals surface area contributed by atoms with Crippen LogP contribution in [0.5, 0.6) is 11.5 Å². The fourth-order valence-corrected chi connectivity index (χ4v) is 3.71. The fraction of sp³-hybridized carbons (Fsp3) is 0.192. The molecular formula is C26H22ClFO3. The Morgan fingerprint density at radius 1 is 1.10 bits per heavy atom. The van der Waals surface area contributed by atoms with Crippen LogP contribution in [0.1, 0.15) is 52.4 Å². The van der Waals surface area contributed by atoms with Gasteiger partial charge in [-0.25, -0.2) is 4.39 Å². The Labute approximate surface area is 186 Å². The third-order valence-electron chi connectivity index (χ3n) is 5.25. The number of fused-ring (bicyclic) bond motifs is 1. The number of ketones is 1. The normalized spacial score (nSPS) is 14.1. The van der Waals surface area contributed by atoms with Gasteiger partial charge in [-0.05, 0) is 53.8 Å². The van der Waals surface area contributed by atoms with E-state index in [9.17, 15) is 9.18 Å². The van der Waals surface area contributed by atoms with Crippen molar-refractivity contribution in [1.29, 1.82) is 0 Å². The summed E-state index contributed by atoms with van der Waals surface area (Å²) in [6.45, 7) is 6.30. The van der Waals surface area contributed by atoms with Crippen molar-refractivity contribution in [3.05, 3.63) is 99.0 Å². The molecule has 0 spiro atoms. The number of carbonyl (C=O) groups is 1. The number of benzene rings is 3. The molecule has 0 amide bonds. The molecule has 1 aliphatic rings.